The summed E-state index contributed by atoms with van der Waals surface area (Å²) in [5.41, 5.74) is 0.903. The summed E-state index contributed by atoms with van der Waals surface area (Å²) in [6, 6.07) is 0. The molecule has 0 unspecified atom stereocenters. The van der Waals surface area contributed by atoms with E-state index < -0.39 is 0 Å². The zero-order chi connectivity index (χ0) is 12.6. The van der Waals surface area contributed by atoms with Gasteiger partial charge < -0.3 is 5.11 Å². The zero-order valence-electron chi connectivity index (χ0n) is 11.0. The molecule has 1 aliphatic rings. The number of hydrogen-bond donors (Lipinski definition) is 1. The van der Waals surface area contributed by atoms with E-state index in [2.05, 4.69) is 27.0 Å². The van der Waals surface area contributed by atoms with Crippen LogP contribution in [0.25, 0.3) is 0 Å². The van der Waals surface area contributed by atoms with Crippen LogP contribution in [0.1, 0.15) is 46.5 Å². The molecule has 0 bridgehead atoms. The molecule has 0 amide bonds. The predicted octanol–water partition coefficient (Wildman–Crippen LogP) is 5.02. The van der Waals surface area contributed by atoms with Crippen LogP contribution >= 0.6 is 0 Å². The number of rotatable bonds is 2. The normalized spacial score (nSPS) is 24.7. The van der Waals surface area contributed by atoms with Gasteiger partial charge >= 0.3 is 0 Å². The first-order valence-electron chi connectivity index (χ1n) is 6.13. The fourth-order valence-electron chi connectivity index (χ4n) is 1.67. The molecule has 0 atom stereocenters. The molecule has 0 spiro atoms. The number of hydrogen-bond acceptors (Lipinski definition) is 1. The van der Waals surface area contributed by atoms with Crippen LogP contribution in [-0.2, 0) is 0 Å². The van der Waals surface area contributed by atoms with E-state index >= 15 is 0 Å². The Bertz CT molecular complexity index is 216. The Morgan fingerprint density at radius 1 is 1.00 bits per heavy atom. The number of aliphatic hydroxyl groups is 1. The van der Waals surface area contributed by atoms with Crippen molar-refractivity contribution in [3.05, 3.63) is 36.6 Å². The first-order valence-corrected chi connectivity index (χ1v) is 6.13. The average Bonchev–Trinajstić information content (AvgIpc) is 2.20. The Balaban J connectivity index is 0.000000281. The highest BCUT2D eigenvalue weighted by atomic mass is 16.3. The summed E-state index contributed by atoms with van der Waals surface area (Å²) < 4.78 is 0. The second kappa shape index (κ2) is 8.20. The van der Waals surface area contributed by atoms with Gasteiger partial charge in [0.15, 0.2) is 0 Å². The van der Waals surface area contributed by atoms with Gasteiger partial charge in [0, 0.05) is 0 Å². The predicted molar refractivity (Wildman–Crippen MR) is 72.5 cm³/mol. The fraction of sp³-hybridized carbons (Fsp3) is 0.600. The highest BCUT2D eigenvalue weighted by molar-refractivity contribution is 5.18. The Labute approximate surface area is 101 Å². The van der Waals surface area contributed by atoms with Crippen LogP contribution in [0.3, 0.4) is 0 Å². The second-order valence-corrected chi connectivity index (χ2v) is 5.04. The lowest BCUT2D eigenvalue weighted by atomic mass is 9.84. The van der Waals surface area contributed by atoms with Gasteiger partial charge in [0.25, 0.3) is 0 Å². The molecule has 0 aromatic heterocycles. The van der Waals surface area contributed by atoms with Crippen LogP contribution in [0.5, 0.6) is 0 Å². The molecule has 0 aliphatic heterocycles. The van der Waals surface area contributed by atoms with Gasteiger partial charge in [-0.25, -0.2) is 0 Å². The molecular weight excluding hydrogens is 196 g/mol. The first-order chi connectivity index (χ1) is 7.41. The Morgan fingerprint density at radius 3 is 1.56 bits per heavy atom. The van der Waals surface area contributed by atoms with Gasteiger partial charge in [-0.1, -0.05) is 64.3 Å². The highest BCUT2D eigenvalue weighted by Crippen LogP contribution is 2.27. The molecule has 1 aliphatic carbocycles. The van der Waals surface area contributed by atoms with Crippen LogP contribution in [-0.4, -0.2) is 5.11 Å². The van der Waals surface area contributed by atoms with E-state index in [0.29, 0.717) is 0 Å². The van der Waals surface area contributed by atoms with Crippen LogP contribution in [0.15, 0.2) is 36.6 Å². The minimum Gasteiger partial charge on any atom is -0.509 e. The van der Waals surface area contributed by atoms with E-state index in [4.69, 9.17) is 5.11 Å². The van der Waals surface area contributed by atoms with E-state index in [9.17, 15) is 0 Å². The summed E-state index contributed by atoms with van der Waals surface area (Å²) in [6.45, 7) is 13.4. The lowest BCUT2D eigenvalue weighted by Gasteiger charge is -2.22. The first kappa shape index (κ1) is 15.0. The van der Waals surface area contributed by atoms with Crippen molar-refractivity contribution in [2.45, 2.75) is 46.5 Å². The van der Waals surface area contributed by atoms with Crippen molar-refractivity contribution in [1.82, 2.24) is 0 Å². The molecule has 0 aromatic rings. The molecule has 0 radical (unpaired) electrons. The molecule has 1 fully saturated rings. The minimum atomic E-state index is 0.0630. The van der Waals surface area contributed by atoms with E-state index in [-0.39, 0.29) is 5.76 Å². The van der Waals surface area contributed by atoms with Gasteiger partial charge in [0.2, 0.25) is 0 Å². The molecule has 92 valence electrons. The quantitative estimate of drug-likeness (QED) is 0.513. The van der Waals surface area contributed by atoms with Gasteiger partial charge in [0.05, 0.1) is 0 Å². The molecule has 1 nitrogen and oxygen atoms in total. The summed E-state index contributed by atoms with van der Waals surface area (Å²) in [7, 11) is 0. The fourth-order valence-corrected chi connectivity index (χ4v) is 1.67. The Hall–Kier alpha value is -0.980. The van der Waals surface area contributed by atoms with Gasteiger partial charge in [-0.2, -0.15) is 0 Å². The highest BCUT2D eigenvalue weighted by Gasteiger charge is 2.13. The lowest BCUT2D eigenvalue weighted by molar-refractivity contribution is 0.308. The zero-order valence-corrected chi connectivity index (χ0v) is 11.0. The molecule has 1 saturated carbocycles. The smallest absolute Gasteiger partial charge is 0.108 e. The lowest BCUT2D eigenvalue weighted by Crippen LogP contribution is -2.08. The third kappa shape index (κ3) is 9.57. The monoisotopic (exact) mass is 222 g/mol. The van der Waals surface area contributed by atoms with Crippen molar-refractivity contribution in [2.75, 3.05) is 0 Å². The maximum absolute atomic E-state index is 8.48. The van der Waals surface area contributed by atoms with Gasteiger partial charge in [-0.15, -0.1) is 0 Å². The van der Waals surface area contributed by atoms with Gasteiger partial charge in [-0.05, 0) is 24.8 Å². The van der Waals surface area contributed by atoms with Crippen molar-refractivity contribution in [3.8, 4) is 0 Å². The minimum absolute atomic E-state index is 0.0630. The summed E-state index contributed by atoms with van der Waals surface area (Å²) in [6.07, 6.45) is 9.09. The van der Waals surface area contributed by atoms with Crippen LogP contribution in [0.4, 0.5) is 0 Å². The molecule has 0 saturated heterocycles. The number of aliphatic hydroxyl groups excluding tert-OH is 1. The Kier molecular flexibility index (Phi) is 7.70. The van der Waals surface area contributed by atoms with E-state index in [1.165, 1.54) is 31.8 Å². The summed E-state index contributed by atoms with van der Waals surface area (Å²) in [5.74, 6) is 2.10. The maximum Gasteiger partial charge on any atom is 0.108 e. The van der Waals surface area contributed by atoms with E-state index in [0.717, 1.165) is 17.4 Å². The third-order valence-corrected chi connectivity index (χ3v) is 2.86. The van der Waals surface area contributed by atoms with Crippen molar-refractivity contribution < 1.29 is 5.11 Å². The molecule has 1 heteroatoms. The molecule has 0 aromatic carbocycles. The summed E-state index contributed by atoms with van der Waals surface area (Å²) >= 11 is 0. The van der Waals surface area contributed by atoms with E-state index in [1.807, 2.05) is 6.92 Å². The van der Waals surface area contributed by atoms with Crippen molar-refractivity contribution in [2.24, 2.45) is 11.8 Å². The largest absolute Gasteiger partial charge is 0.509 e. The SMILES string of the molecule is C=C(C)/C=C\C(=C)O.CC1CCC(C)CC1. The molecule has 1 rings (SSSR count). The van der Waals surface area contributed by atoms with Gasteiger partial charge in [0.1, 0.15) is 5.76 Å². The van der Waals surface area contributed by atoms with Crippen LogP contribution in [0.2, 0.25) is 0 Å². The topological polar surface area (TPSA) is 20.2 Å². The molecule has 16 heavy (non-hydrogen) atoms. The summed E-state index contributed by atoms with van der Waals surface area (Å²) in [4.78, 5) is 0. The maximum atomic E-state index is 8.48. The standard InChI is InChI=1S/C8H16.C7H10O/c1-7-3-5-8(2)6-4-7;1-6(2)4-5-7(3)8/h7-8H,3-6H2,1-2H3;4-5,8H,1,3H2,2H3/b;5-4-. The molecule has 1 N–H and O–H groups in total. The van der Waals surface area contributed by atoms with E-state index in [1.54, 1.807) is 6.08 Å². The third-order valence-electron chi connectivity index (χ3n) is 2.86. The number of allylic oxidation sites excluding steroid dienone is 3. The summed E-state index contributed by atoms with van der Waals surface area (Å²) in [5, 5.41) is 8.48. The second-order valence-electron chi connectivity index (χ2n) is 5.04. The molecule has 0 heterocycles. The average molecular weight is 222 g/mol. The van der Waals surface area contributed by atoms with Crippen molar-refractivity contribution >= 4 is 0 Å². The van der Waals surface area contributed by atoms with Crippen molar-refractivity contribution in [1.29, 1.82) is 0 Å². The Morgan fingerprint density at radius 2 is 1.38 bits per heavy atom. The van der Waals surface area contributed by atoms with Crippen LogP contribution in [0, 0.1) is 11.8 Å². The van der Waals surface area contributed by atoms with Crippen molar-refractivity contribution in [3.63, 3.8) is 0 Å². The molecular formula is C15H26O. The van der Waals surface area contributed by atoms with Crippen LogP contribution < -0.4 is 0 Å². The van der Waals surface area contributed by atoms with Gasteiger partial charge in [-0.3, -0.25) is 0 Å².